The third-order valence-corrected chi connectivity index (χ3v) is 7.15. The van der Waals surface area contributed by atoms with Crippen LogP contribution in [0.2, 0.25) is 0 Å². The number of hydrogen-bond donors (Lipinski definition) is 4. The van der Waals surface area contributed by atoms with Crippen molar-refractivity contribution in [3.63, 3.8) is 0 Å². The maximum absolute atomic E-state index is 14.6. The predicted octanol–water partition coefficient (Wildman–Crippen LogP) is 3.08. The number of ether oxygens (including phenoxy) is 1. The lowest BCUT2D eigenvalue weighted by Gasteiger charge is -2.27. The number of methoxy groups -OCH3 is 1. The Morgan fingerprint density at radius 3 is 2.56 bits per heavy atom. The maximum Gasteiger partial charge on any atom is 0.273 e. The van der Waals surface area contributed by atoms with Gasteiger partial charge in [0.2, 0.25) is 17.7 Å². The fourth-order valence-corrected chi connectivity index (χ4v) is 4.81. The minimum atomic E-state index is -1.10. The molecule has 2 heterocycles. The Labute approximate surface area is 249 Å². The van der Waals surface area contributed by atoms with Gasteiger partial charge in [-0.1, -0.05) is 50.2 Å². The van der Waals surface area contributed by atoms with E-state index in [-0.39, 0.29) is 41.8 Å². The molecule has 11 nitrogen and oxygen atoms in total. The molecule has 2 bridgehead atoms. The molecule has 1 aliphatic rings. The van der Waals surface area contributed by atoms with E-state index >= 15 is 0 Å². The molecule has 4 amide bonds. The van der Waals surface area contributed by atoms with Gasteiger partial charge in [-0.25, -0.2) is 9.37 Å². The third kappa shape index (κ3) is 7.97. The molecule has 0 fully saturated rings. The molecule has 3 atom stereocenters. The quantitative estimate of drug-likeness (QED) is 0.343. The fourth-order valence-electron chi connectivity index (χ4n) is 4.81. The number of amides is 4. The summed E-state index contributed by atoms with van der Waals surface area (Å²) in [6.45, 7) is 3.84. The van der Waals surface area contributed by atoms with Crippen molar-refractivity contribution in [1.29, 1.82) is 0 Å². The van der Waals surface area contributed by atoms with Crippen LogP contribution < -0.4 is 26.0 Å². The molecule has 4 N–H and O–H groups in total. The molecule has 0 aliphatic carbocycles. The van der Waals surface area contributed by atoms with E-state index in [1.54, 1.807) is 13.8 Å². The van der Waals surface area contributed by atoms with Crippen LogP contribution in [0, 0.1) is 11.7 Å². The van der Waals surface area contributed by atoms with Gasteiger partial charge < -0.3 is 30.4 Å². The average Bonchev–Trinajstić information content (AvgIpc) is 3.48. The van der Waals surface area contributed by atoms with Crippen molar-refractivity contribution in [1.82, 2.24) is 26.3 Å². The Kier molecular flexibility index (Phi) is 10.5. The summed E-state index contributed by atoms with van der Waals surface area (Å²) in [6, 6.07) is 10.5. The number of halogens is 1. The zero-order chi connectivity index (χ0) is 30.9. The van der Waals surface area contributed by atoms with E-state index in [2.05, 4.69) is 26.3 Å². The molecule has 1 aromatic heterocycles. The van der Waals surface area contributed by atoms with E-state index in [1.807, 2.05) is 30.3 Å². The van der Waals surface area contributed by atoms with Gasteiger partial charge in [-0.3, -0.25) is 19.2 Å². The molecule has 0 saturated heterocycles. The Morgan fingerprint density at radius 1 is 1.07 bits per heavy atom. The third-order valence-electron chi connectivity index (χ3n) is 7.15. The minimum absolute atomic E-state index is 0.0202. The van der Waals surface area contributed by atoms with Crippen molar-refractivity contribution in [2.75, 3.05) is 13.7 Å². The van der Waals surface area contributed by atoms with Crippen LogP contribution in [0.25, 0.3) is 0 Å². The fraction of sp³-hybridized carbons (Fsp3) is 0.387. The molecule has 12 heteroatoms. The molecule has 3 aromatic rings. The van der Waals surface area contributed by atoms with E-state index in [0.29, 0.717) is 19.3 Å². The summed E-state index contributed by atoms with van der Waals surface area (Å²) in [5.74, 6) is -3.35. The molecular formula is C31H36FN5O6. The number of carbonyl (C=O) groups is 4. The van der Waals surface area contributed by atoms with Crippen LogP contribution in [-0.4, -0.2) is 54.4 Å². The van der Waals surface area contributed by atoms with Crippen molar-refractivity contribution < 1.29 is 32.7 Å². The Bertz CT molecular complexity index is 1440. The van der Waals surface area contributed by atoms with Gasteiger partial charge in [-0.15, -0.1) is 0 Å². The second-order valence-electron chi connectivity index (χ2n) is 10.6. The lowest BCUT2D eigenvalue weighted by atomic mass is 10.00. The molecule has 0 spiro atoms. The summed E-state index contributed by atoms with van der Waals surface area (Å²) < 4.78 is 25.4. The first-order chi connectivity index (χ1) is 20.7. The zero-order valence-corrected chi connectivity index (χ0v) is 24.3. The number of carbonyl (C=O) groups excluding carboxylic acids is 4. The summed E-state index contributed by atoms with van der Waals surface area (Å²) >= 11 is 0. The molecular weight excluding hydrogens is 557 g/mol. The van der Waals surface area contributed by atoms with E-state index in [1.165, 1.54) is 25.5 Å². The summed E-state index contributed by atoms with van der Waals surface area (Å²) in [5, 5.41) is 11.1. The van der Waals surface area contributed by atoms with Crippen molar-refractivity contribution in [3.8, 4) is 5.75 Å². The van der Waals surface area contributed by atoms with Crippen LogP contribution in [0.15, 0.2) is 59.2 Å². The van der Waals surface area contributed by atoms with Crippen LogP contribution in [0.3, 0.4) is 0 Å². The monoisotopic (exact) mass is 593 g/mol. The maximum atomic E-state index is 14.6. The number of nitrogens with one attached hydrogen (secondary N) is 4. The van der Waals surface area contributed by atoms with Gasteiger partial charge in [0.05, 0.1) is 7.11 Å². The van der Waals surface area contributed by atoms with Crippen LogP contribution >= 0.6 is 0 Å². The number of hydrogen-bond acceptors (Lipinski definition) is 7. The summed E-state index contributed by atoms with van der Waals surface area (Å²) in [4.78, 5) is 57.4. The summed E-state index contributed by atoms with van der Waals surface area (Å²) in [5.41, 5.74) is 0.638. The van der Waals surface area contributed by atoms with Crippen molar-refractivity contribution in [3.05, 3.63) is 83.3 Å². The van der Waals surface area contributed by atoms with Gasteiger partial charge >= 0.3 is 0 Å². The van der Waals surface area contributed by atoms with Crippen LogP contribution in [-0.2, 0) is 16.0 Å². The van der Waals surface area contributed by atoms with Crippen molar-refractivity contribution in [2.45, 2.75) is 57.7 Å². The molecule has 228 valence electrons. The molecule has 2 aromatic carbocycles. The van der Waals surface area contributed by atoms with Gasteiger partial charge in [-0.2, -0.15) is 0 Å². The predicted molar refractivity (Wildman–Crippen MR) is 155 cm³/mol. The van der Waals surface area contributed by atoms with E-state index in [9.17, 15) is 23.6 Å². The lowest BCUT2D eigenvalue weighted by Crippen LogP contribution is -2.56. The number of benzene rings is 2. The summed E-state index contributed by atoms with van der Waals surface area (Å²) in [6.07, 6.45) is 2.63. The first-order valence-corrected chi connectivity index (χ1v) is 14.2. The first-order valence-electron chi connectivity index (χ1n) is 14.2. The van der Waals surface area contributed by atoms with Gasteiger partial charge in [0.25, 0.3) is 11.8 Å². The Morgan fingerprint density at radius 2 is 1.84 bits per heavy atom. The number of nitrogens with zero attached hydrogens (tertiary/aromatic N) is 1. The van der Waals surface area contributed by atoms with Crippen LogP contribution in [0.1, 0.15) is 71.5 Å². The number of aromatic nitrogens is 1. The van der Waals surface area contributed by atoms with Gasteiger partial charge in [0, 0.05) is 13.0 Å². The van der Waals surface area contributed by atoms with E-state index in [4.69, 9.17) is 9.15 Å². The highest BCUT2D eigenvalue weighted by Crippen LogP contribution is 2.22. The lowest BCUT2D eigenvalue weighted by molar-refractivity contribution is -0.131. The second-order valence-corrected chi connectivity index (χ2v) is 10.6. The number of rotatable bonds is 6. The highest BCUT2D eigenvalue weighted by molar-refractivity contribution is 6.00. The second kappa shape index (κ2) is 14.4. The Hall–Kier alpha value is -4.74. The number of fused-ring (bicyclic) bond motifs is 2. The van der Waals surface area contributed by atoms with Gasteiger partial charge in [0.1, 0.15) is 41.5 Å². The molecule has 0 saturated carbocycles. The molecule has 0 unspecified atom stereocenters. The highest BCUT2D eigenvalue weighted by atomic mass is 19.1. The smallest absolute Gasteiger partial charge is 0.273 e. The molecule has 1 aliphatic heterocycles. The summed E-state index contributed by atoms with van der Waals surface area (Å²) in [7, 11) is 1.31. The SMILES string of the molecule is COc1cccc(F)c1C(=O)N[C@H]1CCCCNC(=O)c2coc(n2)[C@@H](Cc2ccccc2)NC(=O)[C@H](C(C)C)NC1=O. The normalized spacial score (nSPS) is 20.1. The van der Waals surface area contributed by atoms with Crippen molar-refractivity contribution >= 4 is 23.6 Å². The molecule has 0 radical (unpaired) electrons. The number of oxazole rings is 1. The zero-order valence-electron chi connectivity index (χ0n) is 24.3. The largest absolute Gasteiger partial charge is 0.496 e. The van der Waals surface area contributed by atoms with Gasteiger partial charge in [-0.05, 0) is 42.9 Å². The van der Waals surface area contributed by atoms with Crippen molar-refractivity contribution in [2.24, 2.45) is 5.92 Å². The topological polar surface area (TPSA) is 152 Å². The Balaban J connectivity index is 1.62. The average molecular weight is 594 g/mol. The van der Waals surface area contributed by atoms with Crippen LogP contribution in [0.5, 0.6) is 5.75 Å². The van der Waals surface area contributed by atoms with Crippen LogP contribution in [0.4, 0.5) is 4.39 Å². The molecule has 43 heavy (non-hydrogen) atoms. The van der Waals surface area contributed by atoms with E-state index in [0.717, 1.165) is 11.6 Å². The van der Waals surface area contributed by atoms with Gasteiger partial charge in [0.15, 0.2) is 5.69 Å². The van der Waals surface area contributed by atoms with E-state index < -0.39 is 47.6 Å². The minimum Gasteiger partial charge on any atom is -0.496 e. The highest BCUT2D eigenvalue weighted by Gasteiger charge is 2.32. The first kappa shape index (κ1) is 31.2. The molecule has 4 rings (SSSR count). The standard InChI is InChI=1S/C31H36FN5O6/c1-18(2)26-30(41)35-22(16-19-10-5-4-6-11-19)31-36-23(17-43-31)27(38)33-15-8-7-13-21(28(39)37-26)34-29(40)25-20(32)12-9-14-24(25)42-3/h4-6,9-12,14,17-18,21-22,26H,7-8,13,15-16H2,1-3H3,(H,33,38)(H,34,40)(H,35,41)(H,37,39)/t21-,22+,26-/m0/s1.